The van der Waals surface area contributed by atoms with Crippen molar-refractivity contribution in [1.29, 1.82) is 0 Å². The molecule has 2 rings (SSSR count). The first kappa shape index (κ1) is 16.0. The van der Waals surface area contributed by atoms with Gasteiger partial charge in [-0.1, -0.05) is 5.22 Å². The minimum atomic E-state index is -1.08. The molecule has 1 N–H and O–H groups in total. The number of aromatic nitrogens is 2. The fourth-order valence-corrected chi connectivity index (χ4v) is 2.10. The summed E-state index contributed by atoms with van der Waals surface area (Å²) in [5.74, 6) is 0.177. The molecular formula is C13H18FN7O. The summed E-state index contributed by atoms with van der Waals surface area (Å²) < 4.78 is 13.4. The SMILES string of the molecule is C=Nc1c(/N=N/N(C)C)ncnc1N(C)[C@@H]1C=C(F)[C@@H](O)C1. The second-order valence-corrected chi connectivity index (χ2v) is 5.05. The fourth-order valence-electron chi connectivity index (χ4n) is 2.10. The van der Waals surface area contributed by atoms with Crippen LogP contribution in [-0.2, 0) is 0 Å². The van der Waals surface area contributed by atoms with Crippen LogP contribution in [-0.4, -0.2) is 60.1 Å². The van der Waals surface area contributed by atoms with Gasteiger partial charge in [0.1, 0.15) is 18.3 Å². The first-order chi connectivity index (χ1) is 10.4. The van der Waals surface area contributed by atoms with E-state index >= 15 is 0 Å². The van der Waals surface area contributed by atoms with E-state index in [2.05, 4.69) is 32.0 Å². The molecule has 0 radical (unpaired) electrons. The van der Waals surface area contributed by atoms with Crippen LogP contribution in [0, 0.1) is 0 Å². The van der Waals surface area contributed by atoms with Gasteiger partial charge in [-0.15, -0.1) is 5.11 Å². The van der Waals surface area contributed by atoms with Crippen molar-refractivity contribution in [3.63, 3.8) is 0 Å². The van der Waals surface area contributed by atoms with Crippen LogP contribution in [0.25, 0.3) is 0 Å². The van der Waals surface area contributed by atoms with E-state index in [9.17, 15) is 9.50 Å². The van der Waals surface area contributed by atoms with Crippen molar-refractivity contribution in [2.75, 3.05) is 26.0 Å². The molecule has 0 aromatic carbocycles. The van der Waals surface area contributed by atoms with E-state index in [4.69, 9.17) is 0 Å². The van der Waals surface area contributed by atoms with Crippen LogP contribution in [0.15, 0.2) is 33.6 Å². The molecule has 9 heteroatoms. The highest BCUT2D eigenvalue weighted by molar-refractivity contribution is 5.74. The third-order valence-electron chi connectivity index (χ3n) is 3.23. The lowest BCUT2D eigenvalue weighted by atomic mass is 10.2. The quantitative estimate of drug-likeness (QED) is 0.509. The molecule has 0 aliphatic heterocycles. The topological polar surface area (TPSA) is 89.6 Å². The maximum atomic E-state index is 13.4. The minimum absolute atomic E-state index is 0.247. The Morgan fingerprint density at radius 2 is 2.09 bits per heavy atom. The van der Waals surface area contributed by atoms with E-state index in [-0.39, 0.29) is 18.3 Å². The van der Waals surface area contributed by atoms with Crippen molar-refractivity contribution in [1.82, 2.24) is 15.0 Å². The fraction of sp³-hybridized carbons (Fsp3) is 0.462. The monoisotopic (exact) mass is 307 g/mol. The normalized spacial score (nSPS) is 21.0. The van der Waals surface area contributed by atoms with Crippen molar-refractivity contribution in [2.24, 2.45) is 15.3 Å². The molecule has 1 aromatic heterocycles. The highest BCUT2D eigenvalue weighted by Gasteiger charge is 2.29. The number of aliphatic imine (C=N–C) groups is 1. The Bertz CT molecular complexity index is 616. The molecule has 0 amide bonds. The molecule has 2 atom stereocenters. The molecule has 1 heterocycles. The molecule has 8 nitrogen and oxygen atoms in total. The number of aliphatic hydroxyl groups is 1. The first-order valence-corrected chi connectivity index (χ1v) is 6.62. The molecule has 0 unspecified atom stereocenters. The average Bonchev–Trinajstić information content (AvgIpc) is 2.83. The number of likely N-dealkylation sites (N-methyl/N-ethyl adjacent to an activating group) is 1. The van der Waals surface area contributed by atoms with Gasteiger partial charge in [-0.2, -0.15) is 0 Å². The van der Waals surface area contributed by atoms with Crippen molar-refractivity contribution in [2.45, 2.75) is 18.6 Å². The zero-order chi connectivity index (χ0) is 16.3. The van der Waals surface area contributed by atoms with Gasteiger partial charge in [0.2, 0.25) is 5.82 Å². The summed E-state index contributed by atoms with van der Waals surface area (Å²) in [6.07, 6.45) is 1.86. The lowest BCUT2D eigenvalue weighted by molar-refractivity contribution is 0.182. The molecule has 0 saturated carbocycles. The Labute approximate surface area is 127 Å². The number of anilines is 1. The molecule has 118 valence electrons. The van der Waals surface area contributed by atoms with E-state index in [1.165, 1.54) is 17.4 Å². The van der Waals surface area contributed by atoms with E-state index in [1.807, 2.05) is 0 Å². The summed E-state index contributed by atoms with van der Waals surface area (Å²) in [5.41, 5.74) is 0.353. The molecule has 0 bridgehead atoms. The van der Waals surface area contributed by atoms with Gasteiger partial charge in [0.15, 0.2) is 11.5 Å². The molecule has 0 saturated heterocycles. The van der Waals surface area contributed by atoms with Crippen LogP contribution in [0.3, 0.4) is 0 Å². The lowest BCUT2D eigenvalue weighted by Crippen LogP contribution is -2.30. The number of nitrogens with zero attached hydrogens (tertiary/aromatic N) is 7. The number of hydrogen-bond donors (Lipinski definition) is 1. The van der Waals surface area contributed by atoms with Gasteiger partial charge in [-0.05, 0) is 12.8 Å². The summed E-state index contributed by atoms with van der Waals surface area (Å²) in [6.45, 7) is 3.51. The van der Waals surface area contributed by atoms with Crippen LogP contribution < -0.4 is 4.90 Å². The van der Waals surface area contributed by atoms with Crippen LogP contribution in [0.5, 0.6) is 0 Å². The number of rotatable bonds is 5. The Morgan fingerprint density at radius 3 is 2.64 bits per heavy atom. The Balaban J connectivity index is 2.35. The molecule has 22 heavy (non-hydrogen) atoms. The smallest absolute Gasteiger partial charge is 0.207 e. The third-order valence-corrected chi connectivity index (χ3v) is 3.23. The number of halogens is 1. The van der Waals surface area contributed by atoms with Crippen LogP contribution in [0.4, 0.5) is 21.7 Å². The van der Waals surface area contributed by atoms with Gasteiger partial charge >= 0.3 is 0 Å². The number of hydrogen-bond acceptors (Lipinski definition) is 7. The number of aliphatic hydroxyl groups excluding tert-OH is 1. The maximum Gasteiger partial charge on any atom is 0.207 e. The third kappa shape index (κ3) is 3.25. The zero-order valence-electron chi connectivity index (χ0n) is 12.7. The van der Waals surface area contributed by atoms with E-state index < -0.39 is 11.9 Å². The van der Waals surface area contributed by atoms with Gasteiger partial charge in [-0.3, -0.25) is 10.0 Å². The molecule has 1 aliphatic rings. The minimum Gasteiger partial charge on any atom is -0.386 e. The van der Waals surface area contributed by atoms with E-state index in [1.54, 1.807) is 26.0 Å². The summed E-state index contributed by atoms with van der Waals surface area (Å²) >= 11 is 0. The predicted molar refractivity (Wildman–Crippen MR) is 81.4 cm³/mol. The van der Waals surface area contributed by atoms with Crippen molar-refractivity contribution in [3.8, 4) is 0 Å². The zero-order valence-corrected chi connectivity index (χ0v) is 12.7. The maximum absolute atomic E-state index is 13.4. The highest BCUT2D eigenvalue weighted by Crippen LogP contribution is 2.36. The van der Waals surface area contributed by atoms with E-state index in [0.29, 0.717) is 11.5 Å². The molecule has 0 fully saturated rings. The van der Waals surface area contributed by atoms with Gasteiger partial charge in [-0.25, -0.2) is 14.4 Å². The van der Waals surface area contributed by atoms with Crippen molar-refractivity contribution < 1.29 is 9.50 Å². The van der Waals surface area contributed by atoms with Gasteiger partial charge in [0.05, 0.1) is 6.04 Å². The summed E-state index contributed by atoms with van der Waals surface area (Å²) in [5, 5.41) is 18.9. The molecule has 0 spiro atoms. The predicted octanol–water partition coefficient (Wildman–Crippen LogP) is 1.79. The van der Waals surface area contributed by atoms with Crippen LogP contribution >= 0.6 is 0 Å². The van der Waals surface area contributed by atoms with Crippen LogP contribution in [0.1, 0.15) is 6.42 Å². The molecule has 1 aliphatic carbocycles. The van der Waals surface area contributed by atoms with Gasteiger partial charge < -0.3 is 10.0 Å². The second kappa shape index (κ2) is 6.56. The van der Waals surface area contributed by atoms with Crippen molar-refractivity contribution >= 4 is 24.0 Å². The standard InChI is InChI=1S/C13H18FN7O/c1-15-11-12(18-19-20(2)3)16-7-17-13(11)21(4)8-5-9(14)10(22)6-8/h5,7-8,10,22H,1,6H2,2-4H3/b19-18+/t8-,10+/m1/s1. The highest BCUT2D eigenvalue weighted by atomic mass is 19.1. The Kier molecular flexibility index (Phi) is 4.76. The Morgan fingerprint density at radius 1 is 1.36 bits per heavy atom. The largest absolute Gasteiger partial charge is 0.386 e. The van der Waals surface area contributed by atoms with Crippen LogP contribution in [0.2, 0.25) is 0 Å². The summed E-state index contributed by atoms with van der Waals surface area (Å²) in [4.78, 5) is 13.8. The van der Waals surface area contributed by atoms with Crippen molar-refractivity contribution in [3.05, 3.63) is 18.2 Å². The summed E-state index contributed by atoms with van der Waals surface area (Å²) in [6, 6.07) is -0.330. The average molecular weight is 307 g/mol. The van der Waals surface area contributed by atoms with Gasteiger partial charge in [0, 0.05) is 27.6 Å². The first-order valence-electron chi connectivity index (χ1n) is 6.62. The molecular weight excluding hydrogens is 289 g/mol. The van der Waals surface area contributed by atoms with E-state index in [0.717, 1.165) is 0 Å². The van der Waals surface area contributed by atoms with Gasteiger partial charge in [0.25, 0.3) is 0 Å². The molecule has 1 aromatic rings. The summed E-state index contributed by atoms with van der Waals surface area (Å²) in [7, 11) is 5.19. The lowest BCUT2D eigenvalue weighted by Gasteiger charge is -2.25. The second-order valence-electron chi connectivity index (χ2n) is 5.05. The Hall–Kier alpha value is -2.42.